The van der Waals surface area contributed by atoms with Crippen molar-refractivity contribution < 1.29 is 9.31 Å². The van der Waals surface area contributed by atoms with Crippen LogP contribution in [-0.2, 0) is 6.67 Å². The molecular formula is C18H13FN4O3S. The molecule has 0 N–H and O–H groups in total. The van der Waals surface area contributed by atoms with E-state index in [0.29, 0.717) is 28.2 Å². The zero-order valence-corrected chi connectivity index (χ0v) is 14.7. The molecular weight excluding hydrogens is 371 g/mol. The predicted octanol–water partition coefficient (Wildman–Crippen LogP) is 1.84. The van der Waals surface area contributed by atoms with Gasteiger partial charge in [-0.05, 0) is 48.0 Å². The van der Waals surface area contributed by atoms with Gasteiger partial charge in [-0.25, -0.2) is 9.38 Å². The van der Waals surface area contributed by atoms with Crippen molar-refractivity contribution in [2.24, 2.45) is 4.99 Å². The molecule has 1 aliphatic rings. The van der Waals surface area contributed by atoms with Crippen LogP contribution in [0.2, 0.25) is 0 Å². The maximum atomic E-state index is 13.1. The molecule has 0 atom stereocenters. The van der Waals surface area contributed by atoms with Crippen LogP contribution in [0, 0.1) is 15.9 Å². The molecule has 7 nitrogen and oxygen atoms in total. The molecule has 3 aromatic rings. The molecule has 2 aromatic carbocycles. The minimum atomic E-state index is -0.467. The summed E-state index contributed by atoms with van der Waals surface area (Å²) in [7, 11) is 0. The molecule has 0 amide bonds. The average molecular weight is 384 g/mol. The van der Waals surface area contributed by atoms with Gasteiger partial charge in [0.25, 0.3) is 11.2 Å². The minimum Gasteiger partial charge on any atom is -0.334 e. The third kappa shape index (κ3) is 3.36. The third-order valence-corrected chi connectivity index (χ3v) is 5.21. The Kier molecular flexibility index (Phi) is 4.28. The van der Waals surface area contributed by atoms with Crippen molar-refractivity contribution in [2.45, 2.75) is 6.67 Å². The number of benzene rings is 2. The number of hydrogen-bond donors (Lipinski definition) is 0. The highest BCUT2D eigenvalue weighted by Crippen LogP contribution is 2.16. The zero-order chi connectivity index (χ0) is 19.0. The van der Waals surface area contributed by atoms with Crippen LogP contribution >= 0.6 is 11.3 Å². The fourth-order valence-corrected chi connectivity index (χ4v) is 3.73. The van der Waals surface area contributed by atoms with E-state index in [4.69, 9.17) is 0 Å². The molecule has 1 aliphatic heterocycles. The second kappa shape index (κ2) is 6.76. The lowest BCUT2D eigenvalue weighted by molar-refractivity contribution is -0.384. The number of halogens is 1. The summed E-state index contributed by atoms with van der Waals surface area (Å²) in [5.41, 5.74) is 1.31. The number of rotatable bonds is 3. The lowest BCUT2D eigenvalue weighted by Gasteiger charge is -2.25. The van der Waals surface area contributed by atoms with Crippen LogP contribution in [0.4, 0.5) is 15.8 Å². The van der Waals surface area contributed by atoms with Crippen molar-refractivity contribution in [1.82, 2.24) is 4.57 Å². The highest BCUT2D eigenvalue weighted by molar-refractivity contribution is 7.07. The first-order chi connectivity index (χ1) is 13.0. The number of thiazole rings is 1. The number of nitro groups is 1. The maximum absolute atomic E-state index is 13.1. The van der Waals surface area contributed by atoms with Crippen molar-refractivity contribution in [3.8, 4) is 0 Å². The molecule has 0 saturated carbocycles. The van der Waals surface area contributed by atoms with Crippen molar-refractivity contribution in [1.29, 1.82) is 0 Å². The maximum Gasteiger partial charge on any atom is 0.271 e. The normalized spacial score (nSPS) is 14.0. The Morgan fingerprint density at radius 1 is 1.15 bits per heavy atom. The quantitative estimate of drug-likeness (QED) is 0.510. The Morgan fingerprint density at radius 2 is 1.85 bits per heavy atom. The highest BCUT2D eigenvalue weighted by atomic mass is 32.1. The van der Waals surface area contributed by atoms with E-state index in [1.807, 2.05) is 4.90 Å². The van der Waals surface area contributed by atoms with E-state index in [9.17, 15) is 19.3 Å². The van der Waals surface area contributed by atoms with Gasteiger partial charge < -0.3 is 4.90 Å². The van der Waals surface area contributed by atoms with Gasteiger partial charge in [-0.3, -0.25) is 19.5 Å². The van der Waals surface area contributed by atoms with Crippen molar-refractivity contribution in [3.63, 3.8) is 0 Å². The summed E-state index contributed by atoms with van der Waals surface area (Å²) in [6, 6.07) is 12.0. The van der Waals surface area contributed by atoms with Gasteiger partial charge in [0.15, 0.2) is 4.80 Å². The van der Waals surface area contributed by atoms with Crippen molar-refractivity contribution >= 4 is 28.8 Å². The van der Waals surface area contributed by atoms with E-state index in [1.54, 1.807) is 34.9 Å². The Balaban J connectivity index is 1.67. The molecule has 1 aromatic heterocycles. The molecule has 0 bridgehead atoms. The van der Waals surface area contributed by atoms with Crippen LogP contribution in [0.25, 0.3) is 6.08 Å². The van der Waals surface area contributed by atoms with E-state index in [1.165, 1.54) is 35.6 Å². The Morgan fingerprint density at radius 3 is 2.52 bits per heavy atom. The molecule has 0 unspecified atom stereocenters. The number of aromatic nitrogens is 1. The molecule has 4 rings (SSSR count). The summed E-state index contributed by atoms with van der Waals surface area (Å²) in [5, 5.41) is 10.7. The molecule has 136 valence electrons. The monoisotopic (exact) mass is 384 g/mol. The lowest BCUT2D eigenvalue weighted by atomic mass is 10.2. The van der Waals surface area contributed by atoms with Crippen LogP contribution in [0.3, 0.4) is 0 Å². The van der Waals surface area contributed by atoms with Gasteiger partial charge in [-0.1, -0.05) is 11.3 Å². The summed E-state index contributed by atoms with van der Waals surface area (Å²) in [6.07, 6.45) is 1.69. The van der Waals surface area contributed by atoms with Gasteiger partial charge in [0.05, 0.1) is 9.46 Å². The molecule has 9 heteroatoms. The summed E-state index contributed by atoms with van der Waals surface area (Å²) < 4.78 is 15.2. The smallest absolute Gasteiger partial charge is 0.271 e. The first kappa shape index (κ1) is 17.1. The van der Waals surface area contributed by atoms with Gasteiger partial charge in [-0.2, -0.15) is 0 Å². The molecule has 0 spiro atoms. The first-order valence-corrected chi connectivity index (χ1v) is 8.84. The Bertz CT molecular complexity index is 1180. The number of non-ortho nitro benzene ring substituents is 1. The summed E-state index contributed by atoms with van der Waals surface area (Å²) in [6.45, 7) is 0.705. The number of nitrogens with zero attached hydrogens (tertiary/aromatic N) is 4. The third-order valence-electron chi connectivity index (χ3n) is 4.17. The fourth-order valence-electron chi connectivity index (χ4n) is 2.77. The highest BCUT2D eigenvalue weighted by Gasteiger charge is 2.16. The van der Waals surface area contributed by atoms with Crippen LogP contribution in [-0.4, -0.2) is 16.2 Å². The molecule has 0 fully saturated rings. The van der Waals surface area contributed by atoms with Crippen molar-refractivity contribution in [3.05, 3.63) is 89.7 Å². The number of hydrogen-bond acceptors (Lipinski definition) is 6. The van der Waals surface area contributed by atoms with Crippen LogP contribution in [0.1, 0.15) is 5.56 Å². The second-order valence-electron chi connectivity index (χ2n) is 5.93. The summed E-state index contributed by atoms with van der Waals surface area (Å²) >= 11 is 1.27. The molecule has 27 heavy (non-hydrogen) atoms. The zero-order valence-electron chi connectivity index (χ0n) is 13.9. The van der Waals surface area contributed by atoms with E-state index in [2.05, 4.69) is 4.99 Å². The van der Waals surface area contributed by atoms with E-state index in [0.717, 1.165) is 5.69 Å². The van der Waals surface area contributed by atoms with Gasteiger partial charge in [-0.15, -0.1) is 0 Å². The molecule has 0 saturated heterocycles. The number of nitro benzene ring substituents is 1. The fraction of sp³-hybridized carbons (Fsp3) is 0.111. The standard InChI is InChI=1S/C18H13FN4O3S/c19-13-3-7-14(8-4-13)21-10-20-18-22(11-21)17(24)16(27-18)9-12-1-5-15(6-2-12)23(25)26/h1-9H,10-11H2/b16-9+. The molecule has 0 radical (unpaired) electrons. The van der Waals surface area contributed by atoms with E-state index in [-0.39, 0.29) is 17.1 Å². The second-order valence-corrected chi connectivity index (χ2v) is 6.94. The number of anilines is 1. The minimum absolute atomic E-state index is 0.000661. The van der Waals surface area contributed by atoms with E-state index >= 15 is 0 Å². The van der Waals surface area contributed by atoms with Gasteiger partial charge in [0.2, 0.25) is 0 Å². The van der Waals surface area contributed by atoms with Gasteiger partial charge >= 0.3 is 0 Å². The van der Waals surface area contributed by atoms with Gasteiger partial charge in [0, 0.05) is 17.8 Å². The largest absolute Gasteiger partial charge is 0.334 e. The predicted molar refractivity (Wildman–Crippen MR) is 99.8 cm³/mol. The topological polar surface area (TPSA) is 80.7 Å². The SMILES string of the molecule is O=c1/c(=C\c2ccc([N+](=O)[O-])cc2)sc2n1CN(c1ccc(F)cc1)CN=2. The summed E-state index contributed by atoms with van der Waals surface area (Å²) in [5.74, 6) is -0.318. The Hall–Kier alpha value is -3.33. The van der Waals surface area contributed by atoms with Crippen molar-refractivity contribution in [2.75, 3.05) is 11.6 Å². The summed E-state index contributed by atoms with van der Waals surface area (Å²) in [4.78, 5) is 29.9. The van der Waals surface area contributed by atoms with Crippen LogP contribution in [0.15, 0.2) is 58.3 Å². The molecule has 0 aliphatic carbocycles. The average Bonchev–Trinajstić information content (AvgIpc) is 2.98. The van der Waals surface area contributed by atoms with Gasteiger partial charge in [0.1, 0.15) is 19.2 Å². The number of fused-ring (bicyclic) bond motifs is 1. The molecule has 2 heterocycles. The van der Waals surface area contributed by atoms with Crippen LogP contribution in [0.5, 0.6) is 0 Å². The lowest BCUT2D eigenvalue weighted by Crippen LogP contribution is -2.42. The first-order valence-electron chi connectivity index (χ1n) is 8.02. The van der Waals surface area contributed by atoms with E-state index < -0.39 is 4.92 Å². The Labute approximate surface area is 156 Å². The van der Waals surface area contributed by atoms with Crippen LogP contribution < -0.4 is 19.8 Å².